The Hall–Kier alpha value is -1.14. The Morgan fingerprint density at radius 3 is 2.48 bits per heavy atom. The highest BCUT2D eigenvalue weighted by atomic mass is 16.5. The number of amides is 2. The first-order valence-corrected chi connectivity index (χ1v) is 12.5. The summed E-state index contributed by atoms with van der Waals surface area (Å²) in [7, 11) is 1.62. The number of rotatable bonds is 7. The zero-order valence-electron chi connectivity index (χ0n) is 20.0. The Morgan fingerprint density at radius 2 is 1.81 bits per heavy atom. The first-order chi connectivity index (χ1) is 14.8. The molecular weight excluding hydrogens is 392 g/mol. The molecule has 3 aliphatic carbocycles. The molecule has 2 amide bonds. The molecule has 6 heteroatoms. The maximum Gasteiger partial charge on any atom is 0.223 e. The van der Waals surface area contributed by atoms with Gasteiger partial charge in [-0.2, -0.15) is 0 Å². The van der Waals surface area contributed by atoms with Gasteiger partial charge in [-0.25, -0.2) is 0 Å². The highest BCUT2D eigenvalue weighted by molar-refractivity contribution is 5.79. The van der Waals surface area contributed by atoms with Crippen LogP contribution in [0.15, 0.2) is 0 Å². The average Bonchev–Trinajstić information content (AvgIpc) is 2.76. The van der Waals surface area contributed by atoms with E-state index in [-0.39, 0.29) is 52.9 Å². The molecule has 3 N–H and O–H groups in total. The molecule has 0 bridgehead atoms. The number of hydrogen-bond donors (Lipinski definition) is 3. The maximum atomic E-state index is 12.9. The van der Waals surface area contributed by atoms with Crippen molar-refractivity contribution in [1.29, 1.82) is 0 Å². The van der Waals surface area contributed by atoms with Gasteiger partial charge >= 0.3 is 0 Å². The molecule has 0 aromatic carbocycles. The third kappa shape index (κ3) is 5.44. The summed E-state index contributed by atoms with van der Waals surface area (Å²) >= 11 is 0. The molecule has 0 radical (unpaired) electrons. The van der Waals surface area contributed by atoms with E-state index in [1.165, 1.54) is 6.42 Å². The van der Waals surface area contributed by atoms with E-state index >= 15 is 0 Å². The van der Waals surface area contributed by atoms with Gasteiger partial charge in [-0.15, -0.1) is 0 Å². The van der Waals surface area contributed by atoms with Crippen LogP contribution in [-0.4, -0.2) is 49.3 Å². The van der Waals surface area contributed by atoms with Gasteiger partial charge in [0.2, 0.25) is 11.8 Å². The highest BCUT2D eigenvalue weighted by Gasteiger charge is 2.54. The molecule has 0 aromatic heterocycles. The Kier molecular flexibility index (Phi) is 8.42. The molecule has 0 aromatic rings. The van der Waals surface area contributed by atoms with Crippen molar-refractivity contribution in [2.24, 2.45) is 35.0 Å². The fourth-order valence-electron chi connectivity index (χ4n) is 6.79. The quantitative estimate of drug-likeness (QED) is 0.535. The molecular formula is C25H44N2O4. The molecule has 178 valence electrons. The van der Waals surface area contributed by atoms with Gasteiger partial charge in [0.15, 0.2) is 0 Å². The summed E-state index contributed by atoms with van der Waals surface area (Å²) < 4.78 is 5.03. The van der Waals surface area contributed by atoms with Gasteiger partial charge in [-0.3, -0.25) is 9.59 Å². The van der Waals surface area contributed by atoms with Crippen LogP contribution < -0.4 is 10.6 Å². The second kappa shape index (κ2) is 10.7. The molecule has 7 atom stereocenters. The molecule has 3 rings (SSSR count). The van der Waals surface area contributed by atoms with E-state index < -0.39 is 6.10 Å². The molecule has 6 nitrogen and oxygen atoms in total. The summed E-state index contributed by atoms with van der Waals surface area (Å²) in [5.74, 6) is 0.396. The van der Waals surface area contributed by atoms with Crippen molar-refractivity contribution >= 4 is 11.8 Å². The minimum Gasteiger partial charge on any atom is -0.392 e. The van der Waals surface area contributed by atoms with Gasteiger partial charge in [0.05, 0.1) is 12.7 Å². The van der Waals surface area contributed by atoms with E-state index in [2.05, 4.69) is 24.5 Å². The first-order valence-electron chi connectivity index (χ1n) is 12.5. The Labute approximate surface area is 188 Å². The molecule has 7 unspecified atom stereocenters. The molecule has 3 saturated carbocycles. The Bertz CT molecular complexity index is 621. The number of hydrogen-bond acceptors (Lipinski definition) is 4. The van der Waals surface area contributed by atoms with Crippen LogP contribution >= 0.6 is 0 Å². The van der Waals surface area contributed by atoms with Crippen LogP contribution in [0.25, 0.3) is 0 Å². The van der Waals surface area contributed by atoms with Gasteiger partial charge in [-0.05, 0) is 61.7 Å². The van der Waals surface area contributed by atoms with E-state index in [1.807, 2.05) is 6.92 Å². The van der Waals surface area contributed by atoms with Crippen LogP contribution in [0.5, 0.6) is 0 Å². The lowest BCUT2D eigenvalue weighted by molar-refractivity contribution is -0.144. The summed E-state index contributed by atoms with van der Waals surface area (Å²) in [5.41, 5.74) is 0.0770. The standard InChI is InChI=1S/C25H44N2O4/c1-16(23(29)26-14-15-31-4)19-10-12-25(3)13-11-20(17(2)21(25)22(19)28)27-24(30)18-8-6-5-7-9-18/h16-22,28H,5-15H2,1-4H3,(H,26,29)(H,27,30). The summed E-state index contributed by atoms with van der Waals surface area (Å²) in [6, 6.07) is 0.117. The second-order valence-corrected chi connectivity index (χ2v) is 10.8. The Morgan fingerprint density at radius 1 is 1.13 bits per heavy atom. The second-order valence-electron chi connectivity index (χ2n) is 10.8. The summed E-state index contributed by atoms with van der Waals surface area (Å²) in [4.78, 5) is 25.5. The number of carbonyl (C=O) groups excluding carboxylic acids is 2. The van der Waals surface area contributed by atoms with Crippen LogP contribution in [0.4, 0.5) is 0 Å². The van der Waals surface area contributed by atoms with Gasteiger partial charge in [0.25, 0.3) is 0 Å². The van der Waals surface area contributed by atoms with Gasteiger partial charge < -0.3 is 20.5 Å². The van der Waals surface area contributed by atoms with Crippen LogP contribution in [0.2, 0.25) is 0 Å². The number of fused-ring (bicyclic) bond motifs is 1. The van der Waals surface area contributed by atoms with E-state index in [0.29, 0.717) is 13.2 Å². The summed E-state index contributed by atoms with van der Waals surface area (Å²) in [6.07, 6.45) is 8.96. The minimum atomic E-state index is -0.522. The van der Waals surface area contributed by atoms with E-state index in [9.17, 15) is 14.7 Å². The molecule has 0 aliphatic heterocycles. The van der Waals surface area contributed by atoms with Crippen LogP contribution in [-0.2, 0) is 14.3 Å². The molecule has 0 saturated heterocycles. The third-order valence-electron chi connectivity index (χ3n) is 8.85. The summed E-state index contributed by atoms with van der Waals surface area (Å²) in [5, 5.41) is 17.8. The lowest BCUT2D eigenvalue weighted by Crippen LogP contribution is -2.59. The normalized spacial score (nSPS) is 37.5. The Balaban J connectivity index is 1.65. The molecule has 3 aliphatic rings. The van der Waals surface area contributed by atoms with Crippen LogP contribution in [0, 0.1) is 35.0 Å². The van der Waals surface area contributed by atoms with Crippen molar-refractivity contribution in [3.63, 3.8) is 0 Å². The van der Waals surface area contributed by atoms with E-state index in [4.69, 9.17) is 4.74 Å². The fraction of sp³-hybridized carbons (Fsp3) is 0.920. The maximum absolute atomic E-state index is 12.9. The van der Waals surface area contributed by atoms with Crippen LogP contribution in [0.3, 0.4) is 0 Å². The van der Waals surface area contributed by atoms with Gasteiger partial charge in [0, 0.05) is 31.5 Å². The number of aliphatic hydroxyl groups excluding tert-OH is 1. The smallest absolute Gasteiger partial charge is 0.223 e. The largest absolute Gasteiger partial charge is 0.392 e. The SMILES string of the molecule is COCCNC(=O)C(C)C1CCC2(C)CCC(NC(=O)C3CCCCC3)C(C)C2C1O. The van der Waals surface area contributed by atoms with Crippen LogP contribution in [0.1, 0.15) is 78.6 Å². The topological polar surface area (TPSA) is 87.7 Å². The number of carbonyl (C=O) groups is 2. The molecule has 3 fully saturated rings. The van der Waals surface area contributed by atoms with E-state index in [1.54, 1.807) is 7.11 Å². The molecule has 0 spiro atoms. The molecule has 0 heterocycles. The van der Waals surface area contributed by atoms with Crippen molar-refractivity contribution in [1.82, 2.24) is 10.6 Å². The van der Waals surface area contributed by atoms with Crippen molar-refractivity contribution < 1.29 is 19.4 Å². The van der Waals surface area contributed by atoms with E-state index in [0.717, 1.165) is 51.4 Å². The lowest BCUT2D eigenvalue weighted by atomic mass is 9.51. The van der Waals surface area contributed by atoms with Gasteiger partial charge in [0.1, 0.15) is 0 Å². The first kappa shape index (κ1) is 24.5. The fourth-order valence-corrected chi connectivity index (χ4v) is 6.79. The predicted octanol–water partition coefficient (Wildman–Crippen LogP) is 3.27. The van der Waals surface area contributed by atoms with Crippen molar-refractivity contribution in [2.75, 3.05) is 20.3 Å². The third-order valence-corrected chi connectivity index (χ3v) is 8.85. The zero-order chi connectivity index (χ0) is 22.6. The van der Waals surface area contributed by atoms with Crippen molar-refractivity contribution in [2.45, 2.75) is 90.7 Å². The summed E-state index contributed by atoms with van der Waals surface area (Å²) in [6.45, 7) is 7.43. The number of aliphatic hydroxyl groups is 1. The average molecular weight is 437 g/mol. The van der Waals surface area contributed by atoms with Gasteiger partial charge in [-0.1, -0.05) is 40.0 Å². The number of methoxy groups -OCH3 is 1. The monoisotopic (exact) mass is 436 g/mol. The lowest BCUT2D eigenvalue weighted by Gasteiger charge is -2.56. The molecule has 31 heavy (non-hydrogen) atoms. The van der Waals surface area contributed by atoms with Crippen molar-refractivity contribution in [3.8, 4) is 0 Å². The highest BCUT2D eigenvalue weighted by Crippen LogP contribution is 2.55. The number of nitrogens with one attached hydrogen (secondary N) is 2. The number of ether oxygens (including phenoxy) is 1. The zero-order valence-corrected chi connectivity index (χ0v) is 20.0. The predicted molar refractivity (Wildman–Crippen MR) is 121 cm³/mol. The minimum absolute atomic E-state index is 0.00434. The van der Waals surface area contributed by atoms with Crippen molar-refractivity contribution in [3.05, 3.63) is 0 Å².